The van der Waals surface area contributed by atoms with Crippen LogP contribution in [0, 0.1) is 5.92 Å². The topological polar surface area (TPSA) is 41.6 Å². The van der Waals surface area contributed by atoms with E-state index < -0.39 is 5.54 Å². The highest BCUT2D eigenvalue weighted by Crippen LogP contribution is 2.24. The van der Waals surface area contributed by atoms with E-state index in [1.54, 1.807) is 0 Å². The molecular formula is C17H28N2O2. The van der Waals surface area contributed by atoms with Gasteiger partial charge in [0, 0.05) is 13.1 Å². The molecule has 4 nitrogen and oxygen atoms in total. The third-order valence-electron chi connectivity index (χ3n) is 3.46. The molecule has 1 atom stereocenters. The Morgan fingerprint density at radius 3 is 2.43 bits per heavy atom. The van der Waals surface area contributed by atoms with Crippen molar-refractivity contribution in [3.05, 3.63) is 35.9 Å². The molecule has 0 aliphatic heterocycles. The predicted octanol–water partition coefficient (Wildman–Crippen LogP) is 2.25. The fourth-order valence-electron chi connectivity index (χ4n) is 2.80. The summed E-state index contributed by atoms with van der Waals surface area (Å²) < 4.78 is 5.10. The van der Waals surface area contributed by atoms with Crippen molar-refractivity contribution in [3.8, 4) is 0 Å². The van der Waals surface area contributed by atoms with Gasteiger partial charge >= 0.3 is 5.97 Å². The van der Waals surface area contributed by atoms with Crippen molar-refractivity contribution in [1.29, 1.82) is 0 Å². The molecule has 0 radical (unpaired) electrons. The first kappa shape index (κ1) is 17.7. The summed E-state index contributed by atoms with van der Waals surface area (Å²) in [6.45, 7) is 8.55. The maximum atomic E-state index is 12.5. The smallest absolute Gasteiger partial charge is 0.332 e. The fraction of sp³-hybridized carbons (Fsp3) is 0.588. The van der Waals surface area contributed by atoms with Gasteiger partial charge < -0.3 is 9.64 Å². The Balaban J connectivity index is 3.16. The number of hydrogen-bond donors (Lipinski definition) is 1. The number of hydrogen-bond acceptors (Lipinski definition) is 4. The third kappa shape index (κ3) is 4.55. The number of likely N-dealkylation sites (N-methyl/N-ethyl adjacent to an activating group) is 2. The van der Waals surface area contributed by atoms with Gasteiger partial charge in [-0.05, 0) is 25.1 Å². The molecule has 0 amide bonds. The molecule has 4 heteroatoms. The van der Waals surface area contributed by atoms with Crippen molar-refractivity contribution >= 4 is 5.97 Å². The molecule has 1 aromatic rings. The Morgan fingerprint density at radius 1 is 1.33 bits per heavy atom. The first-order chi connectivity index (χ1) is 9.96. The molecule has 0 fully saturated rings. The molecule has 0 bridgehead atoms. The van der Waals surface area contributed by atoms with Crippen LogP contribution in [0.25, 0.3) is 0 Å². The Bertz CT molecular complexity index is 434. The zero-order chi connectivity index (χ0) is 15.9. The van der Waals surface area contributed by atoms with Gasteiger partial charge in [0.05, 0.1) is 7.11 Å². The lowest BCUT2D eigenvalue weighted by atomic mass is 9.88. The molecule has 0 spiro atoms. The molecular weight excluding hydrogens is 264 g/mol. The van der Waals surface area contributed by atoms with Crippen LogP contribution < -0.4 is 5.32 Å². The molecule has 0 aliphatic carbocycles. The minimum Gasteiger partial charge on any atom is -0.467 e. The molecule has 0 saturated heterocycles. The van der Waals surface area contributed by atoms with E-state index in [1.807, 2.05) is 44.3 Å². The lowest BCUT2D eigenvalue weighted by molar-refractivity contribution is -0.150. The van der Waals surface area contributed by atoms with E-state index in [2.05, 4.69) is 24.1 Å². The lowest BCUT2D eigenvalue weighted by Crippen LogP contribution is -2.56. The molecule has 21 heavy (non-hydrogen) atoms. The van der Waals surface area contributed by atoms with E-state index in [4.69, 9.17) is 4.74 Å². The van der Waals surface area contributed by atoms with Crippen LogP contribution in [0.15, 0.2) is 30.3 Å². The van der Waals surface area contributed by atoms with Gasteiger partial charge in [-0.25, -0.2) is 4.79 Å². The molecule has 1 N–H and O–H groups in total. The molecule has 118 valence electrons. The summed E-state index contributed by atoms with van der Waals surface area (Å²) in [5.74, 6) is 0.300. The molecule has 0 heterocycles. The summed E-state index contributed by atoms with van der Waals surface area (Å²) in [6.07, 6.45) is 0. The number of rotatable bonds is 8. The largest absolute Gasteiger partial charge is 0.467 e. The molecule has 0 saturated carbocycles. The van der Waals surface area contributed by atoms with Crippen LogP contribution in [0.4, 0.5) is 0 Å². The molecule has 0 aliphatic rings. The number of carbonyl (C=O) groups excluding carboxylic acids is 1. The van der Waals surface area contributed by atoms with Crippen molar-refractivity contribution < 1.29 is 9.53 Å². The second-order valence-corrected chi connectivity index (χ2v) is 5.88. The summed E-state index contributed by atoms with van der Waals surface area (Å²) in [4.78, 5) is 14.7. The van der Waals surface area contributed by atoms with Crippen molar-refractivity contribution in [2.75, 3.05) is 33.8 Å². The van der Waals surface area contributed by atoms with Crippen LogP contribution in [0.3, 0.4) is 0 Å². The van der Waals surface area contributed by atoms with Gasteiger partial charge in [0.2, 0.25) is 0 Å². The van der Waals surface area contributed by atoms with Crippen molar-refractivity contribution in [2.24, 2.45) is 5.92 Å². The van der Waals surface area contributed by atoms with Crippen LogP contribution in [0.2, 0.25) is 0 Å². The number of methoxy groups -OCH3 is 1. The number of nitrogens with zero attached hydrogens (tertiary/aromatic N) is 1. The Kier molecular flexibility index (Phi) is 6.85. The summed E-state index contributed by atoms with van der Waals surface area (Å²) in [6, 6.07) is 9.81. The van der Waals surface area contributed by atoms with Gasteiger partial charge in [0.1, 0.15) is 0 Å². The monoisotopic (exact) mass is 292 g/mol. The minimum atomic E-state index is -0.825. The predicted molar refractivity (Wildman–Crippen MR) is 86.1 cm³/mol. The normalized spacial score (nSPS) is 14.2. The third-order valence-corrected chi connectivity index (χ3v) is 3.46. The Morgan fingerprint density at radius 2 is 1.95 bits per heavy atom. The van der Waals surface area contributed by atoms with Crippen LogP contribution in [-0.4, -0.2) is 44.7 Å². The van der Waals surface area contributed by atoms with E-state index in [9.17, 15) is 4.79 Å². The quantitative estimate of drug-likeness (QED) is 0.746. The van der Waals surface area contributed by atoms with Crippen LogP contribution in [0.5, 0.6) is 0 Å². The van der Waals surface area contributed by atoms with E-state index >= 15 is 0 Å². The highest BCUT2D eigenvalue weighted by Gasteiger charge is 2.41. The highest BCUT2D eigenvalue weighted by molar-refractivity contribution is 5.83. The maximum absolute atomic E-state index is 12.5. The zero-order valence-electron chi connectivity index (χ0n) is 13.8. The van der Waals surface area contributed by atoms with Crippen LogP contribution >= 0.6 is 0 Å². The molecule has 1 unspecified atom stereocenters. The first-order valence-electron chi connectivity index (χ1n) is 7.53. The summed E-state index contributed by atoms with van der Waals surface area (Å²) in [7, 11) is 3.48. The van der Waals surface area contributed by atoms with E-state index in [1.165, 1.54) is 7.11 Å². The average Bonchev–Trinajstić information content (AvgIpc) is 2.45. The lowest BCUT2D eigenvalue weighted by Gasteiger charge is -2.36. The number of carbonyl (C=O) groups is 1. The first-order valence-corrected chi connectivity index (χ1v) is 7.53. The summed E-state index contributed by atoms with van der Waals surface area (Å²) >= 11 is 0. The van der Waals surface area contributed by atoms with Gasteiger partial charge in [-0.2, -0.15) is 0 Å². The molecule has 1 aromatic carbocycles. The molecule has 1 rings (SSSR count). The summed E-state index contributed by atoms with van der Waals surface area (Å²) in [5, 5.41) is 3.35. The average molecular weight is 292 g/mol. The van der Waals surface area contributed by atoms with E-state index in [0.29, 0.717) is 19.0 Å². The molecule has 0 aromatic heterocycles. The standard InChI is InChI=1S/C17H28N2O2/c1-6-18-17(16(20)21-5,13-19(4)12-14(2)3)15-10-8-7-9-11-15/h7-11,14,18H,6,12-13H2,1-5H3. The van der Waals surface area contributed by atoms with Crippen molar-refractivity contribution in [1.82, 2.24) is 10.2 Å². The number of nitrogens with one attached hydrogen (secondary N) is 1. The van der Waals surface area contributed by atoms with E-state index in [-0.39, 0.29) is 5.97 Å². The highest BCUT2D eigenvalue weighted by atomic mass is 16.5. The second kappa shape index (κ2) is 8.15. The van der Waals surface area contributed by atoms with Gasteiger partial charge in [-0.15, -0.1) is 0 Å². The summed E-state index contributed by atoms with van der Waals surface area (Å²) in [5.41, 5.74) is 0.114. The van der Waals surface area contributed by atoms with E-state index in [0.717, 1.165) is 12.1 Å². The Labute approximate surface area is 128 Å². The second-order valence-electron chi connectivity index (χ2n) is 5.88. The number of esters is 1. The maximum Gasteiger partial charge on any atom is 0.332 e. The van der Waals surface area contributed by atoms with Gasteiger partial charge in [0.25, 0.3) is 0 Å². The zero-order valence-corrected chi connectivity index (χ0v) is 13.8. The van der Waals surface area contributed by atoms with Gasteiger partial charge in [-0.1, -0.05) is 51.1 Å². The van der Waals surface area contributed by atoms with Crippen molar-refractivity contribution in [2.45, 2.75) is 26.3 Å². The Hall–Kier alpha value is -1.39. The number of ether oxygens (including phenoxy) is 1. The van der Waals surface area contributed by atoms with Crippen LogP contribution in [0.1, 0.15) is 26.3 Å². The SMILES string of the molecule is CCNC(CN(C)CC(C)C)(C(=O)OC)c1ccccc1. The van der Waals surface area contributed by atoms with Crippen LogP contribution in [-0.2, 0) is 15.1 Å². The fourth-order valence-corrected chi connectivity index (χ4v) is 2.80. The minimum absolute atomic E-state index is 0.244. The van der Waals surface area contributed by atoms with Gasteiger partial charge in [0.15, 0.2) is 5.54 Å². The van der Waals surface area contributed by atoms with Crippen molar-refractivity contribution in [3.63, 3.8) is 0 Å². The number of benzene rings is 1. The van der Waals surface area contributed by atoms with Gasteiger partial charge in [-0.3, -0.25) is 5.32 Å².